The van der Waals surface area contributed by atoms with Crippen molar-refractivity contribution in [2.24, 2.45) is 0 Å². The fraction of sp³-hybridized carbons (Fsp3) is 0.0164. The molecular weight excluding hydrogens is 763 g/mol. The Kier molecular flexibility index (Phi) is 7.85. The Balaban J connectivity index is 1.05. The molecule has 2 aliphatic rings. The van der Waals surface area contributed by atoms with Crippen LogP contribution in [-0.2, 0) is 5.41 Å². The number of nitrogens with zero attached hydrogens (tertiary/aromatic N) is 1. The molecule has 0 saturated carbocycles. The van der Waals surface area contributed by atoms with Crippen LogP contribution < -0.4 is 4.90 Å². The number of furan rings is 1. The SMILES string of the molecule is c1ccc(-c2ccc(-c3ccc(N(c4ccccc4)c4ccc5c(c4)C4(c6ccccc6-c6ccccc6-5)c5ccccc5-c5cc6oc7ccccc7c6cc54)cc3)cc2)cc1. The predicted molar refractivity (Wildman–Crippen MR) is 261 cm³/mol. The molecule has 0 aliphatic heterocycles. The van der Waals surface area contributed by atoms with Gasteiger partial charge in [-0.25, -0.2) is 0 Å². The highest BCUT2D eigenvalue weighted by atomic mass is 16.3. The van der Waals surface area contributed by atoms with Gasteiger partial charge >= 0.3 is 0 Å². The third-order valence-electron chi connectivity index (χ3n) is 13.5. The van der Waals surface area contributed by atoms with Gasteiger partial charge in [0, 0.05) is 27.8 Å². The fourth-order valence-corrected chi connectivity index (χ4v) is 10.7. The minimum absolute atomic E-state index is 0.655. The van der Waals surface area contributed by atoms with Gasteiger partial charge in [-0.2, -0.15) is 0 Å². The first-order valence-electron chi connectivity index (χ1n) is 21.7. The maximum Gasteiger partial charge on any atom is 0.136 e. The van der Waals surface area contributed by atoms with Gasteiger partial charge in [-0.1, -0.05) is 182 Å². The lowest BCUT2D eigenvalue weighted by Gasteiger charge is -2.36. The highest BCUT2D eigenvalue weighted by molar-refractivity contribution is 6.09. The van der Waals surface area contributed by atoms with Crippen LogP contribution >= 0.6 is 0 Å². The maximum absolute atomic E-state index is 6.58. The van der Waals surface area contributed by atoms with Gasteiger partial charge in [-0.05, 0) is 132 Å². The van der Waals surface area contributed by atoms with E-state index in [0.717, 1.165) is 39.0 Å². The van der Waals surface area contributed by atoms with Gasteiger partial charge in [-0.15, -0.1) is 0 Å². The van der Waals surface area contributed by atoms with E-state index in [9.17, 15) is 0 Å². The number of hydrogen-bond donors (Lipinski definition) is 0. The van der Waals surface area contributed by atoms with Crippen LogP contribution in [0.2, 0.25) is 0 Å². The highest BCUT2D eigenvalue weighted by Crippen LogP contribution is 2.62. The monoisotopic (exact) mass is 801 g/mol. The van der Waals surface area contributed by atoms with Crippen molar-refractivity contribution >= 4 is 39.0 Å². The summed E-state index contributed by atoms with van der Waals surface area (Å²) in [4.78, 5) is 2.41. The summed E-state index contributed by atoms with van der Waals surface area (Å²) in [5.74, 6) is 0. The van der Waals surface area contributed by atoms with Gasteiger partial charge in [0.1, 0.15) is 11.2 Å². The van der Waals surface area contributed by atoms with Crippen LogP contribution in [0.4, 0.5) is 17.1 Å². The summed E-state index contributed by atoms with van der Waals surface area (Å²) < 4.78 is 6.58. The molecule has 11 aromatic rings. The van der Waals surface area contributed by atoms with Crippen LogP contribution in [0.3, 0.4) is 0 Å². The summed E-state index contributed by atoms with van der Waals surface area (Å²) in [5.41, 5.74) is 21.7. The topological polar surface area (TPSA) is 16.4 Å². The number of hydrogen-bond acceptors (Lipinski definition) is 2. The van der Waals surface area contributed by atoms with Crippen molar-refractivity contribution in [3.05, 3.63) is 259 Å². The molecule has 1 heterocycles. The van der Waals surface area contributed by atoms with E-state index < -0.39 is 5.41 Å². The van der Waals surface area contributed by atoms with Gasteiger partial charge in [0.2, 0.25) is 0 Å². The van der Waals surface area contributed by atoms with Crippen molar-refractivity contribution in [1.29, 1.82) is 0 Å². The number of fused-ring (bicyclic) bond motifs is 15. The summed E-state index contributed by atoms with van der Waals surface area (Å²) >= 11 is 0. The van der Waals surface area contributed by atoms with Crippen molar-refractivity contribution in [1.82, 2.24) is 0 Å². The number of para-hydroxylation sites is 2. The Bertz CT molecular complexity index is 3550. The molecule has 1 aromatic heterocycles. The smallest absolute Gasteiger partial charge is 0.136 e. The molecule has 63 heavy (non-hydrogen) atoms. The van der Waals surface area contributed by atoms with Gasteiger partial charge in [0.25, 0.3) is 0 Å². The van der Waals surface area contributed by atoms with Crippen molar-refractivity contribution in [2.45, 2.75) is 5.41 Å². The van der Waals surface area contributed by atoms with E-state index in [1.54, 1.807) is 0 Å². The summed E-state index contributed by atoms with van der Waals surface area (Å²) in [6.45, 7) is 0. The van der Waals surface area contributed by atoms with Gasteiger partial charge in [0.05, 0.1) is 5.41 Å². The standard InChI is InChI=1S/C61H39NO/c1-3-15-40(16-4-1)41-27-29-42(30-28-41)43-31-33-45(34-32-43)62(44-17-5-2-6-18-44)46-35-36-51-48-20-8-7-19-47(48)49-21-9-12-24-55(49)61(57(51)37-46)56-25-13-10-22-50(56)53-39-60-54(38-58(53)61)52-23-11-14-26-59(52)63-60/h1-39H. The largest absolute Gasteiger partial charge is 0.456 e. The minimum atomic E-state index is -0.655. The average molecular weight is 802 g/mol. The summed E-state index contributed by atoms with van der Waals surface area (Å²) in [6, 6.07) is 86.8. The predicted octanol–water partition coefficient (Wildman–Crippen LogP) is 16.4. The Labute approximate surface area is 366 Å². The van der Waals surface area contributed by atoms with Gasteiger partial charge < -0.3 is 9.32 Å². The van der Waals surface area contributed by atoms with E-state index in [-0.39, 0.29) is 0 Å². The molecule has 1 spiro atoms. The fourth-order valence-electron chi connectivity index (χ4n) is 10.7. The van der Waals surface area contributed by atoms with Crippen LogP contribution in [0, 0.1) is 0 Å². The first kappa shape index (κ1) is 35.5. The Morgan fingerprint density at radius 1 is 0.270 bits per heavy atom. The number of anilines is 3. The van der Waals surface area contributed by atoms with Crippen molar-refractivity contribution < 1.29 is 4.42 Å². The van der Waals surface area contributed by atoms with E-state index in [1.165, 1.54) is 77.9 Å². The quantitative estimate of drug-likeness (QED) is 0.172. The molecule has 0 saturated heterocycles. The summed E-state index contributed by atoms with van der Waals surface area (Å²) in [7, 11) is 0. The molecule has 1 unspecified atom stereocenters. The van der Waals surface area contributed by atoms with E-state index in [2.05, 4.69) is 241 Å². The molecule has 2 nitrogen and oxygen atoms in total. The third kappa shape index (κ3) is 5.32. The molecule has 0 bridgehead atoms. The van der Waals surface area contributed by atoms with Crippen LogP contribution in [0.1, 0.15) is 22.3 Å². The zero-order valence-corrected chi connectivity index (χ0v) is 34.4. The zero-order valence-electron chi connectivity index (χ0n) is 34.4. The van der Waals surface area contributed by atoms with Crippen LogP contribution in [0.5, 0.6) is 0 Å². The molecule has 13 rings (SSSR count). The Hall–Kier alpha value is -8.20. The van der Waals surface area contributed by atoms with Crippen molar-refractivity contribution in [3.8, 4) is 55.6 Å². The lowest BCUT2D eigenvalue weighted by molar-refractivity contribution is 0.668. The third-order valence-corrected chi connectivity index (χ3v) is 13.5. The lowest BCUT2D eigenvalue weighted by Crippen LogP contribution is -2.29. The normalized spacial score (nSPS) is 14.4. The second-order valence-electron chi connectivity index (χ2n) is 16.8. The molecule has 0 amide bonds. The molecule has 294 valence electrons. The van der Waals surface area contributed by atoms with E-state index in [0.29, 0.717) is 0 Å². The van der Waals surface area contributed by atoms with Crippen LogP contribution in [0.15, 0.2) is 241 Å². The van der Waals surface area contributed by atoms with Crippen LogP contribution in [0.25, 0.3) is 77.6 Å². The molecule has 2 heteroatoms. The molecule has 0 fully saturated rings. The van der Waals surface area contributed by atoms with Crippen molar-refractivity contribution in [3.63, 3.8) is 0 Å². The van der Waals surface area contributed by atoms with Gasteiger partial charge in [-0.3, -0.25) is 0 Å². The lowest BCUT2D eigenvalue weighted by atomic mass is 9.65. The summed E-state index contributed by atoms with van der Waals surface area (Å²) in [6.07, 6.45) is 0. The first-order valence-corrected chi connectivity index (χ1v) is 21.7. The maximum atomic E-state index is 6.58. The molecule has 0 N–H and O–H groups in total. The van der Waals surface area contributed by atoms with Gasteiger partial charge in [0.15, 0.2) is 0 Å². The van der Waals surface area contributed by atoms with Crippen LogP contribution in [-0.4, -0.2) is 0 Å². The molecule has 2 aliphatic carbocycles. The molecule has 1 atom stereocenters. The zero-order chi connectivity index (χ0) is 41.5. The molecular formula is C61H39NO. The Morgan fingerprint density at radius 3 is 1.40 bits per heavy atom. The van der Waals surface area contributed by atoms with E-state index >= 15 is 0 Å². The number of rotatable bonds is 5. The average Bonchev–Trinajstić information content (AvgIpc) is 3.83. The number of benzene rings is 10. The molecule has 10 aromatic carbocycles. The summed E-state index contributed by atoms with van der Waals surface area (Å²) in [5, 5.41) is 2.26. The Morgan fingerprint density at radius 2 is 0.730 bits per heavy atom. The van der Waals surface area contributed by atoms with E-state index in [4.69, 9.17) is 4.42 Å². The second-order valence-corrected chi connectivity index (χ2v) is 16.8. The second kappa shape index (κ2) is 13.9. The van der Waals surface area contributed by atoms with E-state index in [1.807, 2.05) is 0 Å². The first-order chi connectivity index (χ1) is 31.2. The highest BCUT2D eigenvalue weighted by Gasteiger charge is 2.50. The minimum Gasteiger partial charge on any atom is -0.456 e. The van der Waals surface area contributed by atoms with Crippen molar-refractivity contribution in [2.75, 3.05) is 4.90 Å². The molecule has 0 radical (unpaired) electrons.